The van der Waals surface area contributed by atoms with Crippen LogP contribution in [0.4, 0.5) is 22.7 Å². The quantitative estimate of drug-likeness (QED) is 0.182. The molecule has 0 radical (unpaired) electrons. The monoisotopic (exact) mass is 402 g/mol. The third-order valence-electron chi connectivity index (χ3n) is 3.03. The van der Waals surface area contributed by atoms with Gasteiger partial charge < -0.3 is 0 Å². The van der Waals surface area contributed by atoms with Crippen LogP contribution in [0.1, 0.15) is 0 Å². The first kappa shape index (κ1) is 18.1. The first-order chi connectivity index (χ1) is 12.0. The van der Waals surface area contributed by atoms with E-state index in [0.29, 0.717) is 10.0 Å². The molecule has 2 aromatic carbocycles. The second-order valence-electron chi connectivity index (χ2n) is 4.69. The number of rotatable bonds is 7. The predicted molar refractivity (Wildman–Crippen MR) is 91.5 cm³/mol. The SMILES string of the molecule is [N-]=[N+]=Nc1ccc(NCC(=O)Nc2ccc([As]=O)cc2)c([N+](=O)[O-])c1. The van der Waals surface area contributed by atoms with Crippen LogP contribution in [0.3, 0.4) is 0 Å². The Morgan fingerprint density at radius 3 is 2.60 bits per heavy atom. The summed E-state index contributed by atoms with van der Waals surface area (Å²) in [5, 5.41) is 19.7. The molecule has 25 heavy (non-hydrogen) atoms. The van der Waals surface area contributed by atoms with Gasteiger partial charge in [-0.3, -0.25) is 0 Å². The number of hydrogen-bond donors (Lipinski definition) is 2. The molecule has 0 bridgehead atoms. The van der Waals surface area contributed by atoms with Crippen LogP contribution in [-0.2, 0) is 8.53 Å². The molecule has 0 aliphatic carbocycles. The van der Waals surface area contributed by atoms with Gasteiger partial charge in [-0.2, -0.15) is 0 Å². The van der Waals surface area contributed by atoms with Gasteiger partial charge in [0.15, 0.2) is 0 Å². The normalized spacial score (nSPS) is 9.92. The van der Waals surface area contributed by atoms with Gasteiger partial charge in [-0.1, -0.05) is 5.11 Å². The fourth-order valence-corrected chi connectivity index (χ4v) is 2.49. The van der Waals surface area contributed by atoms with E-state index in [1.54, 1.807) is 24.3 Å². The van der Waals surface area contributed by atoms with Gasteiger partial charge in [0.05, 0.1) is 0 Å². The Balaban J connectivity index is 2.04. The van der Waals surface area contributed by atoms with Crippen LogP contribution in [0, 0.1) is 10.1 Å². The fraction of sp³-hybridized carbons (Fsp3) is 0.0714. The molecule has 0 unspecified atom stereocenters. The molecule has 2 rings (SSSR count). The van der Waals surface area contributed by atoms with Gasteiger partial charge in [-0.05, 0) is 5.53 Å². The minimum absolute atomic E-state index is 0.102. The summed E-state index contributed by atoms with van der Waals surface area (Å²) in [6, 6.07) is 10.4. The molecule has 0 spiro atoms. The van der Waals surface area contributed by atoms with Gasteiger partial charge in [-0.25, -0.2) is 0 Å². The Morgan fingerprint density at radius 2 is 2.00 bits per heavy atom. The molecule has 10 nitrogen and oxygen atoms in total. The second-order valence-corrected chi connectivity index (χ2v) is 6.15. The van der Waals surface area contributed by atoms with Gasteiger partial charge in [0, 0.05) is 4.91 Å². The van der Waals surface area contributed by atoms with E-state index in [9.17, 15) is 18.6 Å². The molecule has 2 aromatic rings. The van der Waals surface area contributed by atoms with Crippen molar-refractivity contribution in [1.82, 2.24) is 0 Å². The molecule has 0 heterocycles. The van der Waals surface area contributed by atoms with E-state index in [4.69, 9.17) is 5.53 Å². The summed E-state index contributed by atoms with van der Waals surface area (Å²) in [6.45, 7) is -0.198. The average Bonchev–Trinajstić information content (AvgIpc) is 2.61. The van der Waals surface area contributed by atoms with Crippen molar-refractivity contribution in [2.75, 3.05) is 17.2 Å². The summed E-state index contributed by atoms with van der Waals surface area (Å²) in [5.74, 6) is -0.406. The third kappa shape index (κ3) is 5.13. The van der Waals surface area contributed by atoms with Gasteiger partial charge in [0.2, 0.25) is 0 Å². The Morgan fingerprint density at radius 1 is 1.28 bits per heavy atom. The zero-order chi connectivity index (χ0) is 18.2. The number of benzene rings is 2. The number of nitrogens with one attached hydrogen (secondary N) is 2. The first-order valence-electron chi connectivity index (χ1n) is 6.84. The standard InChI is InChI=1S/C14H11AsN6O4/c16-20-19-11-5-6-12(13(7-11)21(24)25)17-8-14(22)18-10-3-1-9(15-23)2-4-10/h1-7,17H,8H2,(H,18,22). The van der Waals surface area contributed by atoms with E-state index in [1.807, 2.05) is 0 Å². The van der Waals surface area contributed by atoms with Crippen molar-refractivity contribution < 1.29 is 13.5 Å². The second kappa shape index (κ2) is 8.58. The number of nitro groups is 1. The molecular formula is C14H11AsN6O4. The molecule has 0 saturated carbocycles. The van der Waals surface area contributed by atoms with E-state index in [1.165, 1.54) is 12.1 Å². The van der Waals surface area contributed by atoms with E-state index in [-0.39, 0.29) is 23.6 Å². The van der Waals surface area contributed by atoms with Gasteiger partial charge in [0.25, 0.3) is 0 Å². The van der Waals surface area contributed by atoms with Crippen LogP contribution in [-0.4, -0.2) is 33.1 Å². The zero-order valence-electron chi connectivity index (χ0n) is 12.6. The van der Waals surface area contributed by atoms with Crippen molar-refractivity contribution in [2.45, 2.75) is 0 Å². The minimum atomic E-state index is -1.11. The van der Waals surface area contributed by atoms with Gasteiger partial charge >= 0.3 is 132 Å². The molecule has 0 aliphatic heterocycles. The summed E-state index contributed by atoms with van der Waals surface area (Å²) >= 11 is -1.11. The topological polar surface area (TPSA) is 150 Å². The first-order valence-corrected chi connectivity index (χ1v) is 8.54. The Kier molecular flexibility index (Phi) is 6.22. The number of amides is 1. The van der Waals surface area contributed by atoms with Crippen molar-refractivity contribution in [3.8, 4) is 0 Å². The maximum atomic E-state index is 11.9. The van der Waals surface area contributed by atoms with Gasteiger partial charge in [-0.15, -0.1) is 0 Å². The summed E-state index contributed by atoms with van der Waals surface area (Å²) in [7, 11) is 0. The van der Waals surface area contributed by atoms with E-state index in [0.717, 1.165) is 6.07 Å². The summed E-state index contributed by atoms with van der Waals surface area (Å²) in [6.07, 6.45) is 0. The average molecular weight is 402 g/mol. The number of carbonyl (C=O) groups excluding carboxylic acids is 1. The molecule has 11 heteroatoms. The third-order valence-corrected chi connectivity index (χ3v) is 4.10. The molecular weight excluding hydrogens is 391 g/mol. The zero-order valence-corrected chi connectivity index (χ0v) is 14.5. The Labute approximate surface area is 147 Å². The van der Waals surface area contributed by atoms with Crippen LogP contribution >= 0.6 is 0 Å². The van der Waals surface area contributed by atoms with Crippen molar-refractivity contribution in [3.63, 3.8) is 0 Å². The van der Waals surface area contributed by atoms with Crippen molar-refractivity contribution in [2.24, 2.45) is 5.11 Å². The Bertz CT molecular complexity index is 864. The maximum absolute atomic E-state index is 11.9. The number of azide groups is 1. The van der Waals surface area contributed by atoms with Crippen LogP contribution in [0.2, 0.25) is 0 Å². The molecule has 0 atom stereocenters. The number of nitrogens with zero attached hydrogens (tertiary/aromatic N) is 4. The molecule has 0 aliphatic rings. The number of hydrogen-bond acceptors (Lipinski definition) is 6. The summed E-state index contributed by atoms with van der Waals surface area (Å²) in [4.78, 5) is 24.9. The van der Waals surface area contributed by atoms with Crippen molar-refractivity contribution in [3.05, 3.63) is 63.0 Å². The number of anilines is 2. The molecule has 2 N–H and O–H groups in total. The number of carbonyl (C=O) groups is 1. The molecule has 1 amide bonds. The van der Waals surface area contributed by atoms with Crippen LogP contribution in [0.5, 0.6) is 0 Å². The van der Waals surface area contributed by atoms with Crippen molar-refractivity contribution in [1.29, 1.82) is 0 Å². The van der Waals surface area contributed by atoms with Crippen LogP contribution in [0.15, 0.2) is 47.6 Å². The van der Waals surface area contributed by atoms with E-state index < -0.39 is 26.5 Å². The molecule has 0 aromatic heterocycles. The molecule has 0 saturated heterocycles. The predicted octanol–water partition coefficient (Wildman–Crippen LogP) is 2.26. The molecule has 0 fully saturated rings. The van der Waals surface area contributed by atoms with Crippen molar-refractivity contribution >= 4 is 48.7 Å². The Hall–Kier alpha value is -3.22. The number of nitro benzene ring substituents is 1. The van der Waals surface area contributed by atoms with E-state index >= 15 is 0 Å². The van der Waals surface area contributed by atoms with Crippen LogP contribution in [0.25, 0.3) is 10.4 Å². The van der Waals surface area contributed by atoms with Gasteiger partial charge in [0.1, 0.15) is 0 Å². The van der Waals surface area contributed by atoms with E-state index in [2.05, 4.69) is 20.7 Å². The van der Waals surface area contributed by atoms with Crippen LogP contribution < -0.4 is 15.0 Å². The fourth-order valence-electron chi connectivity index (χ4n) is 1.92. The summed E-state index contributed by atoms with van der Waals surface area (Å²) < 4.78 is 11.5. The summed E-state index contributed by atoms with van der Waals surface area (Å²) in [5.41, 5.74) is 8.82. The molecule has 126 valence electrons.